The van der Waals surface area contributed by atoms with Gasteiger partial charge in [0.25, 0.3) is 0 Å². The van der Waals surface area contributed by atoms with E-state index in [1.807, 2.05) is 0 Å². The van der Waals surface area contributed by atoms with Crippen molar-refractivity contribution in [3.05, 3.63) is 9.66 Å². The normalized spacial score (nSPS) is 54.3. The zero-order chi connectivity index (χ0) is 15.7. The van der Waals surface area contributed by atoms with Crippen molar-refractivity contribution in [3.63, 3.8) is 0 Å². The lowest BCUT2D eigenvalue weighted by Crippen LogP contribution is -2.55. The van der Waals surface area contributed by atoms with Gasteiger partial charge in [-0.2, -0.15) is 0 Å². The first-order valence-electron chi connectivity index (χ1n) is 9.24. The minimum atomic E-state index is 0.436. The van der Waals surface area contributed by atoms with Crippen molar-refractivity contribution in [1.82, 2.24) is 0 Å². The third kappa shape index (κ3) is 1.97. The van der Waals surface area contributed by atoms with Gasteiger partial charge in [0.15, 0.2) is 0 Å². The Bertz CT molecular complexity index is 538. The second-order valence-electron chi connectivity index (χ2n) is 9.19. The van der Waals surface area contributed by atoms with Gasteiger partial charge in [-0.15, -0.1) is 0 Å². The van der Waals surface area contributed by atoms with Gasteiger partial charge in [0.05, 0.1) is 0 Å². The molecule has 0 aromatic carbocycles. The quantitative estimate of drug-likeness (QED) is 0.462. The van der Waals surface area contributed by atoms with Crippen molar-refractivity contribution in [2.24, 2.45) is 40.4 Å². The van der Waals surface area contributed by atoms with Gasteiger partial charge in [-0.05, 0) is 93.3 Å². The number of allylic oxidation sites excluding steroid dienone is 2. The average Bonchev–Trinajstić information content (AvgIpc) is 2.77. The number of fused-ring (bicyclic) bond motifs is 5. The van der Waals surface area contributed by atoms with E-state index in [0.29, 0.717) is 22.5 Å². The van der Waals surface area contributed by atoms with Crippen LogP contribution in [0.5, 0.6) is 0 Å². The molecule has 2 heteroatoms. The summed E-state index contributed by atoms with van der Waals surface area (Å²) >= 11 is 2.61. The Balaban J connectivity index is 1.68. The number of hydrogen-bond acceptors (Lipinski definition) is 1. The van der Waals surface area contributed by atoms with E-state index < -0.39 is 0 Å². The van der Waals surface area contributed by atoms with E-state index in [1.165, 1.54) is 25.7 Å². The Morgan fingerprint density at radius 3 is 2.73 bits per heavy atom. The highest BCUT2D eigenvalue weighted by atomic mass is 127. The third-order valence-electron chi connectivity index (χ3n) is 8.34. The summed E-state index contributed by atoms with van der Waals surface area (Å²) in [5.41, 5.74) is 0.904. The molecule has 0 heterocycles. The third-order valence-corrected chi connectivity index (χ3v) is 10.0. The van der Waals surface area contributed by atoms with Gasteiger partial charge >= 0.3 is 0 Å². The van der Waals surface area contributed by atoms with Gasteiger partial charge in [-0.25, -0.2) is 0 Å². The van der Waals surface area contributed by atoms with Crippen molar-refractivity contribution in [3.8, 4) is 0 Å². The zero-order valence-corrected chi connectivity index (χ0v) is 16.4. The van der Waals surface area contributed by atoms with E-state index in [4.69, 9.17) is 0 Å². The number of Topliss-reactive ketones (excluding diaryl/α,β-unsaturated/α-hetero) is 1. The molecule has 122 valence electrons. The van der Waals surface area contributed by atoms with Crippen LogP contribution in [0.4, 0.5) is 0 Å². The van der Waals surface area contributed by atoms with Crippen molar-refractivity contribution >= 4 is 28.4 Å². The van der Waals surface area contributed by atoms with Gasteiger partial charge in [-0.3, -0.25) is 4.79 Å². The van der Waals surface area contributed by atoms with Gasteiger partial charge in [0, 0.05) is 18.3 Å². The summed E-state index contributed by atoms with van der Waals surface area (Å²) in [5, 5.41) is 0. The number of rotatable bonds is 0. The molecule has 4 rings (SSSR count). The molecular formula is C20H29IO. The molecule has 0 saturated heterocycles. The van der Waals surface area contributed by atoms with E-state index in [1.54, 1.807) is 3.58 Å². The van der Waals surface area contributed by atoms with E-state index in [2.05, 4.69) is 49.4 Å². The predicted octanol–water partition coefficient (Wildman–Crippen LogP) is 5.77. The molecule has 0 N–H and O–H groups in total. The van der Waals surface area contributed by atoms with E-state index in [0.717, 1.165) is 42.9 Å². The lowest BCUT2D eigenvalue weighted by Gasteiger charge is -2.61. The smallest absolute Gasteiger partial charge is 0.133 e. The number of ketones is 1. The first kappa shape index (κ1) is 15.7. The summed E-state index contributed by atoms with van der Waals surface area (Å²) in [4.78, 5) is 12.0. The second-order valence-corrected chi connectivity index (χ2v) is 10.4. The van der Waals surface area contributed by atoms with Crippen molar-refractivity contribution < 1.29 is 4.79 Å². The fourth-order valence-electron chi connectivity index (χ4n) is 7.03. The summed E-state index contributed by atoms with van der Waals surface area (Å²) in [7, 11) is 0. The molecule has 22 heavy (non-hydrogen) atoms. The molecule has 3 saturated carbocycles. The molecule has 7 atom stereocenters. The minimum Gasteiger partial charge on any atom is -0.300 e. The van der Waals surface area contributed by atoms with Crippen LogP contribution in [0.3, 0.4) is 0 Å². The fourth-order valence-corrected chi connectivity index (χ4v) is 7.95. The molecular weight excluding hydrogens is 383 g/mol. The molecule has 0 aromatic rings. The summed E-state index contributed by atoms with van der Waals surface area (Å²) < 4.78 is 1.63. The molecule has 1 nitrogen and oxygen atoms in total. The monoisotopic (exact) mass is 412 g/mol. The van der Waals surface area contributed by atoms with Crippen molar-refractivity contribution in [1.29, 1.82) is 0 Å². The minimum absolute atomic E-state index is 0.436. The average molecular weight is 412 g/mol. The summed E-state index contributed by atoms with van der Waals surface area (Å²) in [6, 6.07) is 0. The number of halogens is 1. The standard InChI is InChI=1S/C20H29IO/c1-12-10-14-15-4-5-18(21)20(15,3)9-7-16(14)19(2)8-6-13(22)11-17(12)19/h5,12,14-17H,4,6-11H2,1-3H3/t12?,14-,15-,16-,17?,19+,20-/m0/s1. The largest absolute Gasteiger partial charge is 0.300 e. The maximum atomic E-state index is 12.0. The number of carbonyl (C=O) groups is 1. The molecule has 0 spiro atoms. The summed E-state index contributed by atoms with van der Waals surface area (Å²) in [6.07, 6.45) is 10.9. The number of carbonyl (C=O) groups excluding carboxylic acids is 1. The molecule has 0 aliphatic heterocycles. The Morgan fingerprint density at radius 1 is 1.18 bits per heavy atom. The highest BCUT2D eigenvalue weighted by Crippen LogP contribution is 2.67. The van der Waals surface area contributed by atoms with Crippen LogP contribution in [0.25, 0.3) is 0 Å². The molecule has 3 fully saturated rings. The van der Waals surface area contributed by atoms with Crippen LogP contribution in [0, 0.1) is 40.4 Å². The molecule has 2 unspecified atom stereocenters. The predicted molar refractivity (Wildman–Crippen MR) is 98.8 cm³/mol. The Morgan fingerprint density at radius 2 is 1.95 bits per heavy atom. The summed E-state index contributed by atoms with van der Waals surface area (Å²) in [5.74, 6) is 4.56. The van der Waals surface area contributed by atoms with E-state index in [-0.39, 0.29) is 0 Å². The van der Waals surface area contributed by atoms with Crippen LogP contribution in [0.2, 0.25) is 0 Å². The van der Waals surface area contributed by atoms with Crippen molar-refractivity contribution in [2.45, 2.75) is 65.7 Å². The highest BCUT2D eigenvalue weighted by Gasteiger charge is 2.59. The molecule has 4 aliphatic carbocycles. The van der Waals surface area contributed by atoms with Crippen LogP contribution in [0.15, 0.2) is 9.66 Å². The topological polar surface area (TPSA) is 17.1 Å². The van der Waals surface area contributed by atoms with Gasteiger partial charge in [-0.1, -0.05) is 26.8 Å². The molecule has 4 aliphatic rings. The Labute approximate surface area is 148 Å². The second kappa shape index (κ2) is 5.07. The first-order valence-corrected chi connectivity index (χ1v) is 10.3. The molecule has 0 amide bonds. The van der Waals surface area contributed by atoms with Gasteiger partial charge in [0.1, 0.15) is 5.78 Å². The lowest BCUT2D eigenvalue weighted by atomic mass is 9.43. The van der Waals surface area contributed by atoms with Crippen LogP contribution in [0.1, 0.15) is 65.7 Å². The van der Waals surface area contributed by atoms with E-state index in [9.17, 15) is 4.79 Å². The Kier molecular flexibility index (Phi) is 3.61. The van der Waals surface area contributed by atoms with Crippen LogP contribution < -0.4 is 0 Å². The summed E-state index contributed by atoms with van der Waals surface area (Å²) in [6.45, 7) is 7.52. The molecule has 0 bridgehead atoms. The maximum absolute atomic E-state index is 12.0. The molecule has 0 radical (unpaired) electrons. The highest BCUT2D eigenvalue weighted by molar-refractivity contribution is 14.1. The lowest BCUT2D eigenvalue weighted by molar-refractivity contribution is -0.145. The molecule has 0 aromatic heterocycles. The maximum Gasteiger partial charge on any atom is 0.133 e. The first-order chi connectivity index (χ1) is 10.4. The fraction of sp³-hybridized carbons (Fsp3) is 0.850. The van der Waals surface area contributed by atoms with Crippen LogP contribution in [-0.4, -0.2) is 5.78 Å². The van der Waals surface area contributed by atoms with Crippen LogP contribution >= 0.6 is 22.6 Å². The number of hydrogen-bond donors (Lipinski definition) is 0. The van der Waals surface area contributed by atoms with Crippen LogP contribution in [-0.2, 0) is 4.79 Å². The van der Waals surface area contributed by atoms with E-state index >= 15 is 0 Å². The zero-order valence-electron chi connectivity index (χ0n) is 14.2. The SMILES string of the molecule is CC1C[C@@H]2[C@H](CC[C@]3(C)C(I)=CC[C@@H]23)[C@@]2(C)CCC(=O)CC12. The van der Waals surface area contributed by atoms with Gasteiger partial charge in [0.2, 0.25) is 0 Å². The Hall–Kier alpha value is 0.140. The van der Waals surface area contributed by atoms with Gasteiger partial charge < -0.3 is 0 Å². The van der Waals surface area contributed by atoms with Crippen molar-refractivity contribution in [2.75, 3.05) is 0 Å².